The molecule has 162 valence electrons. The molecule has 31 heavy (non-hydrogen) atoms. The van der Waals surface area contributed by atoms with E-state index in [4.69, 9.17) is 0 Å². The largest absolute Gasteiger partial charge is 0.394 e. The summed E-state index contributed by atoms with van der Waals surface area (Å²) in [6.45, 7) is 0.391. The number of aliphatic hydroxyl groups is 1. The highest BCUT2D eigenvalue weighted by molar-refractivity contribution is 7.89. The number of nitrogens with zero attached hydrogens (tertiary/aromatic N) is 4. The van der Waals surface area contributed by atoms with Crippen LogP contribution in [0.2, 0.25) is 0 Å². The van der Waals surface area contributed by atoms with Gasteiger partial charge >= 0.3 is 0 Å². The van der Waals surface area contributed by atoms with Gasteiger partial charge in [-0.2, -0.15) is 4.31 Å². The Balaban J connectivity index is 1.65. The van der Waals surface area contributed by atoms with Crippen molar-refractivity contribution >= 4 is 15.7 Å². The first-order valence-electron chi connectivity index (χ1n) is 10.4. The lowest BCUT2D eigenvalue weighted by molar-refractivity contribution is 0.193. The third kappa shape index (κ3) is 3.17. The average Bonchev–Trinajstić information content (AvgIpc) is 3.42. The van der Waals surface area contributed by atoms with Crippen molar-refractivity contribution in [2.75, 3.05) is 25.1 Å². The number of rotatable bonds is 4. The van der Waals surface area contributed by atoms with E-state index in [0.29, 0.717) is 13.0 Å². The van der Waals surface area contributed by atoms with Crippen LogP contribution in [0, 0.1) is 5.92 Å². The molecule has 0 spiro atoms. The highest BCUT2D eigenvalue weighted by Gasteiger charge is 2.50. The Morgan fingerprint density at radius 2 is 1.87 bits per heavy atom. The second-order valence-electron chi connectivity index (χ2n) is 8.39. The number of anilines is 1. The monoisotopic (exact) mass is 438 g/mol. The van der Waals surface area contributed by atoms with Crippen molar-refractivity contribution in [3.8, 4) is 11.1 Å². The molecule has 2 aliphatic rings. The van der Waals surface area contributed by atoms with Crippen LogP contribution in [0.4, 0.5) is 5.69 Å². The Bertz CT molecular complexity index is 1210. The van der Waals surface area contributed by atoms with Crippen LogP contribution < -0.4 is 4.90 Å². The van der Waals surface area contributed by atoms with Gasteiger partial charge in [-0.1, -0.05) is 36.4 Å². The molecule has 2 aromatic carbocycles. The van der Waals surface area contributed by atoms with Gasteiger partial charge < -0.3 is 14.6 Å². The van der Waals surface area contributed by atoms with Crippen molar-refractivity contribution in [2.45, 2.75) is 23.5 Å². The molecular weight excluding hydrogens is 412 g/mol. The van der Waals surface area contributed by atoms with Crippen molar-refractivity contribution in [3.05, 3.63) is 66.6 Å². The zero-order valence-electron chi connectivity index (χ0n) is 17.6. The minimum Gasteiger partial charge on any atom is -0.394 e. The molecule has 2 aliphatic heterocycles. The van der Waals surface area contributed by atoms with E-state index in [9.17, 15) is 13.5 Å². The maximum Gasteiger partial charge on any atom is 0.262 e. The van der Waals surface area contributed by atoms with Crippen molar-refractivity contribution in [3.63, 3.8) is 0 Å². The normalized spacial score (nSPS) is 23.6. The lowest BCUT2D eigenvalue weighted by atomic mass is 9.81. The minimum atomic E-state index is -3.76. The number of hydrogen-bond donors (Lipinski definition) is 1. The van der Waals surface area contributed by atoms with Crippen LogP contribution in [-0.4, -0.2) is 53.6 Å². The van der Waals surface area contributed by atoms with Gasteiger partial charge in [0, 0.05) is 38.4 Å². The summed E-state index contributed by atoms with van der Waals surface area (Å²) in [6, 6.07) is 15.8. The van der Waals surface area contributed by atoms with E-state index in [-0.39, 0.29) is 29.6 Å². The SMILES string of the molecule is CN1c2ccc(-c3ccccc3)cc2[C@@H]2[C@@H](CCN2S(=O)(=O)c2cn(C)cn2)[C@H]1CO. The number of benzene rings is 2. The summed E-state index contributed by atoms with van der Waals surface area (Å²) in [4.78, 5) is 6.22. The molecule has 1 aromatic heterocycles. The zero-order valence-corrected chi connectivity index (χ0v) is 18.4. The topological polar surface area (TPSA) is 78.7 Å². The third-order valence-corrected chi connectivity index (χ3v) is 8.43. The van der Waals surface area contributed by atoms with Crippen LogP contribution >= 0.6 is 0 Å². The number of aryl methyl sites for hydroxylation is 1. The van der Waals surface area contributed by atoms with E-state index in [2.05, 4.69) is 34.1 Å². The first-order valence-corrected chi connectivity index (χ1v) is 11.9. The Morgan fingerprint density at radius 3 is 2.55 bits per heavy atom. The fraction of sp³-hybridized carbons (Fsp3) is 0.348. The summed E-state index contributed by atoms with van der Waals surface area (Å²) >= 11 is 0. The smallest absolute Gasteiger partial charge is 0.262 e. The Hall–Kier alpha value is -2.68. The highest BCUT2D eigenvalue weighted by Crippen LogP contribution is 2.50. The number of fused-ring (bicyclic) bond motifs is 3. The fourth-order valence-corrected chi connectivity index (χ4v) is 6.77. The fourth-order valence-electron chi connectivity index (χ4n) is 5.13. The lowest BCUT2D eigenvalue weighted by Crippen LogP contribution is -2.48. The molecule has 3 heterocycles. The first-order chi connectivity index (χ1) is 14.9. The van der Waals surface area contributed by atoms with Crippen LogP contribution in [0.5, 0.6) is 0 Å². The van der Waals surface area contributed by atoms with Crippen LogP contribution in [0.15, 0.2) is 66.1 Å². The summed E-state index contributed by atoms with van der Waals surface area (Å²) in [5.41, 5.74) is 4.08. The molecule has 0 amide bonds. The number of aromatic nitrogens is 2. The molecule has 1 saturated heterocycles. The van der Waals surface area contributed by atoms with E-state index in [1.807, 2.05) is 31.3 Å². The molecule has 0 bridgehead atoms. The van der Waals surface area contributed by atoms with Gasteiger partial charge in [-0.3, -0.25) is 0 Å². The quantitative estimate of drug-likeness (QED) is 0.678. The third-order valence-electron chi connectivity index (χ3n) is 6.66. The number of hydrogen-bond acceptors (Lipinski definition) is 5. The van der Waals surface area contributed by atoms with Crippen molar-refractivity contribution in [1.29, 1.82) is 0 Å². The Kier molecular flexibility index (Phi) is 4.88. The van der Waals surface area contributed by atoms with Gasteiger partial charge in [0.2, 0.25) is 0 Å². The summed E-state index contributed by atoms with van der Waals surface area (Å²) in [6.07, 6.45) is 3.75. The average molecular weight is 439 g/mol. The molecule has 5 rings (SSSR count). The summed E-state index contributed by atoms with van der Waals surface area (Å²) in [5, 5.41) is 10.2. The second-order valence-corrected chi connectivity index (χ2v) is 10.2. The molecular formula is C23H26N4O3S. The van der Waals surface area contributed by atoms with Gasteiger partial charge in [-0.05, 0) is 35.2 Å². The molecule has 0 saturated carbocycles. The minimum absolute atomic E-state index is 0.00649. The van der Waals surface area contributed by atoms with Crippen LogP contribution in [0.1, 0.15) is 18.0 Å². The number of likely N-dealkylation sites (N-methyl/N-ethyl adjacent to an activating group) is 1. The highest BCUT2D eigenvalue weighted by atomic mass is 32.2. The Morgan fingerprint density at radius 1 is 1.10 bits per heavy atom. The zero-order chi connectivity index (χ0) is 21.8. The van der Waals surface area contributed by atoms with Gasteiger partial charge in [0.05, 0.1) is 25.0 Å². The van der Waals surface area contributed by atoms with Crippen molar-refractivity contribution < 1.29 is 13.5 Å². The van der Waals surface area contributed by atoms with Crippen molar-refractivity contribution in [1.82, 2.24) is 13.9 Å². The predicted molar refractivity (Wildman–Crippen MR) is 119 cm³/mol. The van der Waals surface area contributed by atoms with Crippen LogP contribution in [0.25, 0.3) is 11.1 Å². The van der Waals surface area contributed by atoms with E-state index in [0.717, 1.165) is 22.4 Å². The number of sulfonamides is 1. The standard InChI is InChI=1S/C23H26N4O3S/c1-25-13-22(24-15-25)31(29,30)27-11-10-18-21(14-28)26(2)20-9-8-17(12-19(20)23(18)27)16-6-4-3-5-7-16/h3-9,12-13,15,18,21,23,28H,10-11,14H2,1-2H3/t18-,21+,23-/m0/s1. The molecule has 0 unspecified atom stereocenters. The first kappa shape index (κ1) is 20.2. The maximum absolute atomic E-state index is 13.5. The second kappa shape index (κ2) is 7.47. The molecule has 7 nitrogen and oxygen atoms in total. The van der Waals surface area contributed by atoms with Gasteiger partial charge in [0.25, 0.3) is 10.0 Å². The maximum atomic E-state index is 13.5. The van der Waals surface area contributed by atoms with Gasteiger partial charge in [-0.25, -0.2) is 13.4 Å². The van der Waals surface area contributed by atoms with E-state index < -0.39 is 10.0 Å². The lowest BCUT2D eigenvalue weighted by Gasteiger charge is -2.44. The Labute approximate surface area is 182 Å². The van der Waals surface area contributed by atoms with Gasteiger partial charge in [-0.15, -0.1) is 0 Å². The molecule has 3 atom stereocenters. The predicted octanol–water partition coefficient (Wildman–Crippen LogP) is 2.65. The van der Waals surface area contributed by atoms with Gasteiger partial charge in [0.1, 0.15) is 0 Å². The van der Waals surface area contributed by atoms with E-state index in [1.54, 1.807) is 22.1 Å². The molecule has 3 aromatic rings. The van der Waals surface area contributed by atoms with E-state index >= 15 is 0 Å². The van der Waals surface area contributed by atoms with Crippen LogP contribution in [0.3, 0.4) is 0 Å². The molecule has 1 fully saturated rings. The molecule has 0 aliphatic carbocycles. The molecule has 1 N–H and O–H groups in total. The number of imidazole rings is 1. The summed E-state index contributed by atoms with van der Waals surface area (Å²) in [5.74, 6) is 0.00649. The molecule has 0 radical (unpaired) electrons. The van der Waals surface area contributed by atoms with Crippen LogP contribution in [-0.2, 0) is 17.1 Å². The summed E-state index contributed by atoms with van der Waals surface area (Å²) < 4.78 is 30.3. The molecule has 8 heteroatoms. The van der Waals surface area contributed by atoms with Crippen molar-refractivity contribution in [2.24, 2.45) is 13.0 Å². The summed E-state index contributed by atoms with van der Waals surface area (Å²) in [7, 11) is -0.0146. The number of aliphatic hydroxyl groups excluding tert-OH is 1. The van der Waals surface area contributed by atoms with E-state index in [1.165, 1.54) is 6.33 Å². The van der Waals surface area contributed by atoms with Gasteiger partial charge in [0.15, 0.2) is 5.03 Å².